The first-order chi connectivity index (χ1) is 22.7. The van der Waals surface area contributed by atoms with Crippen molar-refractivity contribution in [3.8, 4) is 5.75 Å². The van der Waals surface area contributed by atoms with Gasteiger partial charge in [0.1, 0.15) is 5.75 Å². The summed E-state index contributed by atoms with van der Waals surface area (Å²) in [4.78, 5) is 29.3. The van der Waals surface area contributed by atoms with Gasteiger partial charge in [0.15, 0.2) is 5.78 Å². The average Bonchev–Trinajstić information content (AvgIpc) is 3.60. The van der Waals surface area contributed by atoms with Gasteiger partial charge >= 0.3 is 0 Å². The maximum absolute atomic E-state index is 13.9. The normalized spacial score (nSPS) is 17.9. The number of aliphatic hydroxyl groups is 1. The Morgan fingerprint density at radius 1 is 0.936 bits per heavy atom. The van der Waals surface area contributed by atoms with Gasteiger partial charge in [-0.2, -0.15) is 0 Å². The number of ether oxygens (including phenoxy) is 2. The molecule has 0 aromatic heterocycles. The first kappa shape index (κ1) is 34.1. The van der Waals surface area contributed by atoms with Crippen LogP contribution in [0.3, 0.4) is 0 Å². The van der Waals surface area contributed by atoms with E-state index < -0.39 is 6.10 Å². The van der Waals surface area contributed by atoms with Gasteiger partial charge in [0, 0.05) is 36.6 Å². The number of benzene rings is 4. The molecule has 5 rings (SSSR count). The Bertz CT molecular complexity index is 1630. The fourth-order valence-corrected chi connectivity index (χ4v) is 6.81. The number of carbonyl (C=O) groups is 2. The number of amides is 1. The van der Waals surface area contributed by atoms with Gasteiger partial charge in [-0.25, -0.2) is 0 Å². The maximum atomic E-state index is 13.9. The Balaban J connectivity index is 1.34. The molecule has 1 aliphatic heterocycles. The Morgan fingerprint density at radius 2 is 1.64 bits per heavy atom. The third kappa shape index (κ3) is 8.37. The van der Waals surface area contributed by atoms with E-state index in [0.717, 1.165) is 40.8 Å². The second-order valence-electron chi connectivity index (χ2n) is 13.1. The second-order valence-corrected chi connectivity index (χ2v) is 13.1. The number of methoxy groups -OCH3 is 1. The molecule has 1 amide bonds. The molecular formula is C41H47NO5. The SMILES string of the molecule is COc1cccc(C2(CC[C@@H](O)[C@@H](CC(=O)c3cc(C)cc(C(=O)N(C)[C@H](C)c4ccccc4)c3)Cc3ccccc3)CCOC2)c1. The van der Waals surface area contributed by atoms with E-state index in [1.807, 2.05) is 98.8 Å². The van der Waals surface area contributed by atoms with E-state index in [0.29, 0.717) is 37.2 Å². The lowest BCUT2D eigenvalue weighted by atomic mass is 9.74. The molecular weight excluding hydrogens is 586 g/mol. The van der Waals surface area contributed by atoms with E-state index in [1.54, 1.807) is 25.1 Å². The van der Waals surface area contributed by atoms with Crippen LogP contribution in [0.4, 0.5) is 0 Å². The van der Waals surface area contributed by atoms with Crippen molar-refractivity contribution in [1.82, 2.24) is 4.90 Å². The van der Waals surface area contributed by atoms with Crippen LogP contribution in [0.2, 0.25) is 0 Å². The van der Waals surface area contributed by atoms with Crippen molar-refractivity contribution in [2.45, 2.75) is 63.5 Å². The minimum absolute atomic E-state index is 0.0757. The molecule has 1 N–H and O–H groups in total. The zero-order chi connectivity index (χ0) is 33.4. The zero-order valence-electron chi connectivity index (χ0n) is 28.0. The van der Waals surface area contributed by atoms with Crippen LogP contribution in [-0.2, 0) is 16.6 Å². The zero-order valence-corrected chi connectivity index (χ0v) is 28.0. The minimum atomic E-state index is -0.703. The highest BCUT2D eigenvalue weighted by molar-refractivity contribution is 6.01. The van der Waals surface area contributed by atoms with Crippen LogP contribution in [0.15, 0.2) is 103 Å². The topological polar surface area (TPSA) is 76.1 Å². The van der Waals surface area contributed by atoms with Gasteiger partial charge in [0.05, 0.1) is 25.9 Å². The molecule has 0 spiro atoms. The lowest BCUT2D eigenvalue weighted by molar-refractivity contribution is 0.0697. The number of ketones is 1. The standard InChI is InChI=1S/C41H47NO5/c1-29-22-33(25-35(23-29)40(45)42(3)30(2)32-14-9-6-10-15-32)39(44)26-34(24-31-12-7-5-8-13-31)38(43)18-19-41(20-21-47-28-41)36-16-11-17-37(27-36)46-4/h5-17,22-23,25,27,30,34,38,43H,18-21,24,26,28H2,1-4H3/t30-,34-,38-,41?/m1/s1. The molecule has 6 heteroatoms. The van der Waals surface area contributed by atoms with Crippen LogP contribution < -0.4 is 4.74 Å². The van der Waals surface area contributed by atoms with E-state index >= 15 is 0 Å². The van der Waals surface area contributed by atoms with E-state index in [9.17, 15) is 14.7 Å². The largest absolute Gasteiger partial charge is 0.497 e. The molecule has 1 unspecified atom stereocenters. The number of carbonyl (C=O) groups excluding carboxylic acids is 2. The predicted molar refractivity (Wildman–Crippen MR) is 186 cm³/mol. The molecule has 0 saturated carbocycles. The van der Waals surface area contributed by atoms with Gasteiger partial charge in [-0.1, -0.05) is 72.8 Å². The highest BCUT2D eigenvalue weighted by atomic mass is 16.5. The number of nitrogens with zero attached hydrogens (tertiary/aromatic N) is 1. The van der Waals surface area contributed by atoms with Gasteiger partial charge in [-0.05, 0) is 98.0 Å². The number of Topliss-reactive ketones (excluding diaryl/α,β-unsaturated/α-hetero) is 1. The van der Waals surface area contributed by atoms with Crippen LogP contribution in [0.25, 0.3) is 0 Å². The van der Waals surface area contributed by atoms with Crippen molar-refractivity contribution < 1.29 is 24.2 Å². The summed E-state index contributed by atoms with van der Waals surface area (Å²) < 4.78 is 11.4. The molecule has 0 radical (unpaired) electrons. The molecule has 0 bridgehead atoms. The predicted octanol–water partition coefficient (Wildman–Crippen LogP) is 7.77. The molecule has 4 aromatic carbocycles. The molecule has 4 atom stereocenters. The lowest BCUT2D eigenvalue weighted by Crippen LogP contribution is -2.32. The van der Waals surface area contributed by atoms with Crippen molar-refractivity contribution >= 4 is 11.7 Å². The highest BCUT2D eigenvalue weighted by Gasteiger charge is 2.38. The lowest BCUT2D eigenvalue weighted by Gasteiger charge is -2.31. The van der Waals surface area contributed by atoms with E-state index in [2.05, 4.69) is 12.1 Å². The number of hydrogen-bond acceptors (Lipinski definition) is 5. The average molecular weight is 634 g/mol. The molecule has 1 saturated heterocycles. The molecule has 246 valence electrons. The molecule has 1 heterocycles. The summed E-state index contributed by atoms with van der Waals surface area (Å²) in [7, 11) is 3.46. The van der Waals surface area contributed by atoms with Gasteiger partial charge in [0.25, 0.3) is 5.91 Å². The first-order valence-electron chi connectivity index (χ1n) is 16.6. The number of rotatable bonds is 14. The summed E-state index contributed by atoms with van der Waals surface area (Å²) in [5, 5.41) is 11.7. The van der Waals surface area contributed by atoms with Crippen molar-refractivity contribution in [3.63, 3.8) is 0 Å². The monoisotopic (exact) mass is 633 g/mol. The van der Waals surface area contributed by atoms with Gasteiger partial charge in [-0.3, -0.25) is 9.59 Å². The van der Waals surface area contributed by atoms with E-state index in [1.165, 1.54) is 0 Å². The van der Waals surface area contributed by atoms with E-state index in [4.69, 9.17) is 9.47 Å². The van der Waals surface area contributed by atoms with Crippen LogP contribution >= 0.6 is 0 Å². The Labute approximate surface area is 279 Å². The van der Waals surface area contributed by atoms with Gasteiger partial charge in [0.2, 0.25) is 0 Å². The first-order valence-corrected chi connectivity index (χ1v) is 16.6. The Morgan fingerprint density at radius 3 is 2.32 bits per heavy atom. The fraction of sp³-hybridized carbons (Fsp3) is 0.366. The van der Waals surface area contributed by atoms with E-state index in [-0.39, 0.29) is 35.5 Å². The smallest absolute Gasteiger partial charge is 0.254 e. The molecule has 6 nitrogen and oxygen atoms in total. The molecule has 1 aliphatic rings. The molecule has 0 aliphatic carbocycles. The summed E-state index contributed by atoms with van der Waals surface area (Å²) in [5.41, 5.74) is 4.89. The fourth-order valence-electron chi connectivity index (χ4n) is 6.81. The highest BCUT2D eigenvalue weighted by Crippen LogP contribution is 2.40. The van der Waals surface area contributed by atoms with Crippen LogP contribution in [-0.4, -0.2) is 55.2 Å². The number of hydrogen-bond donors (Lipinski definition) is 1. The second kappa shape index (κ2) is 15.6. The number of aryl methyl sites for hydroxylation is 1. The number of aliphatic hydroxyl groups excluding tert-OH is 1. The Kier molecular flexibility index (Phi) is 11.3. The summed E-state index contributed by atoms with van der Waals surface area (Å²) >= 11 is 0. The molecule has 4 aromatic rings. The van der Waals surface area contributed by atoms with Crippen LogP contribution in [0.5, 0.6) is 5.75 Å². The Hall–Kier alpha value is -4.26. The van der Waals surface area contributed by atoms with Crippen molar-refractivity contribution in [2.75, 3.05) is 27.4 Å². The van der Waals surface area contributed by atoms with Crippen LogP contribution in [0.1, 0.15) is 81.6 Å². The minimum Gasteiger partial charge on any atom is -0.497 e. The summed E-state index contributed by atoms with van der Waals surface area (Å²) in [5.74, 6) is 0.295. The third-order valence-corrected chi connectivity index (χ3v) is 9.87. The summed E-state index contributed by atoms with van der Waals surface area (Å²) in [6.07, 6.45) is 2.18. The molecule has 1 fully saturated rings. The third-order valence-electron chi connectivity index (χ3n) is 9.87. The summed E-state index contributed by atoms with van der Waals surface area (Å²) in [6.45, 7) is 5.17. The van der Waals surface area contributed by atoms with Crippen molar-refractivity contribution in [2.24, 2.45) is 5.92 Å². The van der Waals surface area contributed by atoms with Crippen molar-refractivity contribution in [3.05, 3.63) is 137 Å². The van der Waals surface area contributed by atoms with Crippen molar-refractivity contribution in [1.29, 1.82) is 0 Å². The molecule has 47 heavy (non-hydrogen) atoms. The van der Waals surface area contributed by atoms with Gasteiger partial charge in [-0.15, -0.1) is 0 Å². The quantitative estimate of drug-likeness (QED) is 0.144. The summed E-state index contributed by atoms with van der Waals surface area (Å²) in [6, 6.07) is 33.3. The maximum Gasteiger partial charge on any atom is 0.254 e. The van der Waals surface area contributed by atoms with Gasteiger partial charge < -0.3 is 19.5 Å². The van der Waals surface area contributed by atoms with Crippen LogP contribution in [0, 0.1) is 12.8 Å².